The Labute approximate surface area is 190 Å². The molecule has 0 bridgehead atoms. The van der Waals surface area contributed by atoms with Crippen molar-refractivity contribution in [2.75, 3.05) is 19.7 Å². The Morgan fingerprint density at radius 1 is 1.09 bits per heavy atom. The minimum absolute atomic E-state index is 0.0163. The van der Waals surface area contributed by atoms with Gasteiger partial charge >= 0.3 is 11.9 Å². The second-order valence-electron chi connectivity index (χ2n) is 7.83. The third kappa shape index (κ3) is 4.89. The minimum Gasteiger partial charge on any atom is -0.460 e. The third-order valence-corrected chi connectivity index (χ3v) is 5.65. The molecule has 1 aliphatic heterocycles. The van der Waals surface area contributed by atoms with Gasteiger partial charge in [-0.15, -0.1) is 0 Å². The van der Waals surface area contributed by atoms with Crippen LogP contribution < -0.4 is 0 Å². The van der Waals surface area contributed by atoms with Crippen LogP contribution in [0.2, 0.25) is 0 Å². The van der Waals surface area contributed by atoms with Crippen LogP contribution in [0.5, 0.6) is 0 Å². The molecule has 2 aromatic carbocycles. The van der Waals surface area contributed by atoms with Gasteiger partial charge in [-0.3, -0.25) is 9.59 Å². The van der Waals surface area contributed by atoms with Crippen LogP contribution >= 0.6 is 0 Å². The van der Waals surface area contributed by atoms with Gasteiger partial charge in [0.15, 0.2) is 0 Å². The third-order valence-electron chi connectivity index (χ3n) is 5.65. The van der Waals surface area contributed by atoms with Crippen LogP contribution in [0.4, 0.5) is 4.39 Å². The van der Waals surface area contributed by atoms with Crippen LogP contribution in [0.15, 0.2) is 52.9 Å². The molecule has 0 unspecified atom stereocenters. The van der Waals surface area contributed by atoms with E-state index < -0.39 is 23.7 Å². The molecular formula is C25H24FNO6. The van der Waals surface area contributed by atoms with Crippen molar-refractivity contribution in [1.29, 1.82) is 0 Å². The number of amides is 1. The highest BCUT2D eigenvalue weighted by molar-refractivity contribution is 5.96. The van der Waals surface area contributed by atoms with Gasteiger partial charge in [0, 0.05) is 24.0 Å². The van der Waals surface area contributed by atoms with Crippen LogP contribution in [0.3, 0.4) is 0 Å². The van der Waals surface area contributed by atoms with Crippen molar-refractivity contribution in [3.63, 3.8) is 0 Å². The molecule has 0 N–H and O–H groups in total. The summed E-state index contributed by atoms with van der Waals surface area (Å²) >= 11 is 0. The van der Waals surface area contributed by atoms with E-state index in [4.69, 9.17) is 13.9 Å². The van der Waals surface area contributed by atoms with Gasteiger partial charge in [0.1, 0.15) is 18.0 Å². The quantitative estimate of drug-likeness (QED) is 0.516. The number of fused-ring (bicyclic) bond motifs is 1. The Morgan fingerprint density at radius 2 is 1.85 bits per heavy atom. The number of esters is 2. The van der Waals surface area contributed by atoms with E-state index in [-0.39, 0.29) is 31.4 Å². The van der Waals surface area contributed by atoms with E-state index in [2.05, 4.69) is 0 Å². The fourth-order valence-electron chi connectivity index (χ4n) is 3.99. The molecule has 1 saturated heterocycles. The van der Waals surface area contributed by atoms with Crippen molar-refractivity contribution in [3.8, 4) is 0 Å². The number of carbonyl (C=O) groups is 3. The Balaban J connectivity index is 1.45. The predicted molar refractivity (Wildman–Crippen MR) is 117 cm³/mol. The van der Waals surface area contributed by atoms with Crippen LogP contribution in [0.1, 0.15) is 46.2 Å². The molecule has 2 heterocycles. The first-order valence-corrected chi connectivity index (χ1v) is 10.9. The van der Waals surface area contributed by atoms with Gasteiger partial charge < -0.3 is 18.8 Å². The Hall–Kier alpha value is -3.68. The van der Waals surface area contributed by atoms with Gasteiger partial charge in [0.05, 0.1) is 18.1 Å². The van der Waals surface area contributed by atoms with E-state index in [0.29, 0.717) is 41.5 Å². The zero-order valence-corrected chi connectivity index (χ0v) is 18.2. The molecule has 1 amide bonds. The minimum atomic E-state index is -0.617. The predicted octanol–water partition coefficient (Wildman–Crippen LogP) is 4.34. The zero-order valence-electron chi connectivity index (χ0n) is 18.2. The van der Waals surface area contributed by atoms with Crippen LogP contribution in [-0.4, -0.2) is 42.4 Å². The number of halogens is 1. The van der Waals surface area contributed by atoms with Gasteiger partial charge in [0.25, 0.3) is 5.91 Å². The highest BCUT2D eigenvalue weighted by atomic mass is 19.1. The standard InChI is InChI=1S/C25H24FNO6/c1-2-31-25(30)22-20(19-7-3-4-8-21(19)33-22)15-32-24(29)17-6-5-13-27(14-17)23(28)16-9-11-18(26)12-10-16/h3-4,7-12,17H,2,5-6,13-15H2,1H3/t17-/m1/s1. The molecule has 0 aliphatic carbocycles. The second kappa shape index (κ2) is 9.85. The number of ether oxygens (including phenoxy) is 2. The zero-order chi connectivity index (χ0) is 23.4. The van der Waals surface area contributed by atoms with Gasteiger partial charge in [-0.2, -0.15) is 0 Å². The Morgan fingerprint density at radius 3 is 2.61 bits per heavy atom. The number of piperidine rings is 1. The summed E-state index contributed by atoms with van der Waals surface area (Å²) in [5.41, 5.74) is 1.32. The molecule has 3 aromatic rings. The molecular weight excluding hydrogens is 429 g/mol. The molecule has 0 spiro atoms. The van der Waals surface area contributed by atoms with E-state index >= 15 is 0 Å². The fourth-order valence-corrected chi connectivity index (χ4v) is 3.99. The van der Waals surface area contributed by atoms with Crippen molar-refractivity contribution >= 4 is 28.8 Å². The molecule has 1 fully saturated rings. The van der Waals surface area contributed by atoms with Gasteiger partial charge in [-0.25, -0.2) is 9.18 Å². The molecule has 8 heteroatoms. The lowest BCUT2D eigenvalue weighted by molar-refractivity contribution is -0.151. The summed E-state index contributed by atoms with van der Waals surface area (Å²) in [7, 11) is 0. The maximum absolute atomic E-state index is 13.2. The van der Waals surface area contributed by atoms with E-state index in [1.807, 2.05) is 0 Å². The molecule has 1 aromatic heterocycles. The lowest BCUT2D eigenvalue weighted by Gasteiger charge is -2.31. The maximum Gasteiger partial charge on any atom is 0.374 e. The van der Waals surface area contributed by atoms with Crippen LogP contribution in [0, 0.1) is 11.7 Å². The first-order valence-electron chi connectivity index (χ1n) is 10.9. The topological polar surface area (TPSA) is 86.1 Å². The smallest absolute Gasteiger partial charge is 0.374 e. The van der Waals surface area contributed by atoms with Crippen molar-refractivity contribution in [2.45, 2.75) is 26.4 Å². The van der Waals surface area contributed by atoms with E-state index in [9.17, 15) is 18.8 Å². The van der Waals surface area contributed by atoms with E-state index in [1.165, 1.54) is 24.3 Å². The van der Waals surface area contributed by atoms with Crippen molar-refractivity contribution in [2.24, 2.45) is 5.92 Å². The number of carbonyl (C=O) groups excluding carboxylic acids is 3. The Kier molecular flexibility index (Phi) is 6.72. The van der Waals surface area contributed by atoms with Gasteiger partial charge in [-0.05, 0) is 50.1 Å². The first-order chi connectivity index (χ1) is 16.0. The van der Waals surface area contributed by atoms with Crippen LogP contribution in [0.25, 0.3) is 11.0 Å². The number of furan rings is 1. The average Bonchev–Trinajstić information content (AvgIpc) is 3.21. The SMILES string of the molecule is CCOC(=O)c1oc2ccccc2c1COC(=O)[C@@H]1CCCN(C(=O)c2ccc(F)cc2)C1. The number of nitrogens with zero attached hydrogens (tertiary/aromatic N) is 1. The number of hydrogen-bond donors (Lipinski definition) is 0. The highest BCUT2D eigenvalue weighted by Gasteiger charge is 2.31. The number of likely N-dealkylation sites (tertiary alicyclic amines) is 1. The number of para-hydroxylation sites is 1. The monoisotopic (exact) mass is 453 g/mol. The molecule has 4 rings (SSSR count). The summed E-state index contributed by atoms with van der Waals surface area (Å²) in [5.74, 6) is -2.21. The lowest BCUT2D eigenvalue weighted by atomic mass is 9.97. The van der Waals surface area contributed by atoms with Crippen LogP contribution in [-0.2, 0) is 20.9 Å². The summed E-state index contributed by atoms with van der Waals surface area (Å²) in [6.07, 6.45) is 1.23. The normalized spacial score (nSPS) is 15.9. The second-order valence-corrected chi connectivity index (χ2v) is 7.83. The summed E-state index contributed by atoms with van der Waals surface area (Å²) in [6, 6.07) is 12.4. The summed E-state index contributed by atoms with van der Waals surface area (Å²) < 4.78 is 29.4. The maximum atomic E-state index is 13.2. The van der Waals surface area contributed by atoms with Crippen molar-refractivity contribution in [1.82, 2.24) is 4.90 Å². The fraction of sp³-hybridized carbons (Fsp3) is 0.320. The van der Waals surface area contributed by atoms with E-state index in [0.717, 1.165) is 0 Å². The average molecular weight is 453 g/mol. The molecule has 1 atom stereocenters. The molecule has 1 aliphatic rings. The van der Waals surface area contributed by atoms with E-state index in [1.54, 1.807) is 36.1 Å². The summed E-state index contributed by atoms with van der Waals surface area (Å²) in [4.78, 5) is 39.5. The van der Waals surface area contributed by atoms with Gasteiger partial charge in [-0.1, -0.05) is 18.2 Å². The summed E-state index contributed by atoms with van der Waals surface area (Å²) in [6.45, 7) is 2.47. The Bertz CT molecular complexity index is 1170. The molecule has 172 valence electrons. The van der Waals surface area contributed by atoms with Gasteiger partial charge in [0.2, 0.25) is 5.76 Å². The largest absolute Gasteiger partial charge is 0.460 e. The van der Waals surface area contributed by atoms with Crippen molar-refractivity contribution in [3.05, 3.63) is 71.2 Å². The molecule has 0 radical (unpaired) electrons. The number of rotatable bonds is 6. The lowest BCUT2D eigenvalue weighted by Crippen LogP contribution is -2.42. The summed E-state index contributed by atoms with van der Waals surface area (Å²) in [5, 5.41) is 0.671. The number of benzene rings is 2. The number of hydrogen-bond acceptors (Lipinski definition) is 6. The molecule has 33 heavy (non-hydrogen) atoms. The molecule has 7 nitrogen and oxygen atoms in total. The highest BCUT2D eigenvalue weighted by Crippen LogP contribution is 2.28. The van der Waals surface area contributed by atoms with Crippen molar-refractivity contribution < 1.29 is 32.7 Å². The molecule has 0 saturated carbocycles. The first kappa shape index (κ1) is 22.5.